The molecule has 1 aromatic carbocycles. The maximum Gasteiger partial charge on any atom is 0.325 e. The van der Waals surface area contributed by atoms with Crippen molar-refractivity contribution in [2.45, 2.75) is 27.3 Å². The molecule has 4 N–H and O–H groups in total. The van der Waals surface area contributed by atoms with E-state index < -0.39 is 6.03 Å². The highest BCUT2D eigenvalue weighted by Crippen LogP contribution is 2.27. The van der Waals surface area contributed by atoms with Crippen molar-refractivity contribution in [2.24, 2.45) is 5.92 Å². The van der Waals surface area contributed by atoms with E-state index in [1.54, 1.807) is 6.20 Å². The molecule has 170 valence electrons. The van der Waals surface area contributed by atoms with E-state index in [1.807, 2.05) is 44.1 Å². The van der Waals surface area contributed by atoms with Gasteiger partial charge in [0, 0.05) is 24.2 Å². The van der Waals surface area contributed by atoms with Gasteiger partial charge in [-0.15, -0.1) is 0 Å². The predicted octanol–water partition coefficient (Wildman–Crippen LogP) is 3.49. The van der Waals surface area contributed by atoms with E-state index in [-0.39, 0.29) is 6.03 Å². The highest BCUT2D eigenvalue weighted by Gasteiger charge is 2.12. The lowest BCUT2D eigenvalue weighted by molar-refractivity contribution is 0.239. The van der Waals surface area contributed by atoms with Gasteiger partial charge in [0.25, 0.3) is 0 Å². The molecular formula is C21H32N6O3S. The molecule has 10 heteroatoms. The zero-order chi connectivity index (χ0) is 22.8. The molecule has 0 spiro atoms. The number of carbonyl (C=O) groups is 2. The quantitative estimate of drug-likeness (QED) is 0.445. The van der Waals surface area contributed by atoms with Crippen LogP contribution in [-0.2, 0) is 6.54 Å². The van der Waals surface area contributed by atoms with Crippen LogP contribution in [0, 0.1) is 12.8 Å². The Morgan fingerprint density at radius 2 is 1.94 bits per heavy atom. The number of nitrogens with zero attached hydrogens (tertiary/aromatic N) is 2. The fraction of sp³-hybridized carbons (Fsp3) is 0.476. The normalized spacial score (nSPS) is 10.8. The Kier molecular flexibility index (Phi) is 9.54. The summed E-state index contributed by atoms with van der Waals surface area (Å²) < 4.78 is 5.83. The van der Waals surface area contributed by atoms with E-state index in [1.165, 1.54) is 11.3 Å². The van der Waals surface area contributed by atoms with Crippen molar-refractivity contribution in [1.82, 2.24) is 20.5 Å². The second-order valence-corrected chi connectivity index (χ2v) is 8.94. The molecule has 0 atom stereocenters. The molecule has 9 nitrogen and oxygen atoms in total. The molecule has 31 heavy (non-hydrogen) atoms. The van der Waals surface area contributed by atoms with Gasteiger partial charge in [0.05, 0.1) is 18.8 Å². The smallest absolute Gasteiger partial charge is 0.325 e. The summed E-state index contributed by atoms with van der Waals surface area (Å²) >= 11 is 1.30. The number of carbonyl (C=O) groups excluding carboxylic acids is 2. The molecular weight excluding hydrogens is 416 g/mol. The topological polar surface area (TPSA) is 108 Å². The molecule has 0 fully saturated rings. The Labute approximate surface area is 187 Å². The summed E-state index contributed by atoms with van der Waals surface area (Å²) in [6.07, 6.45) is 1.63. The van der Waals surface area contributed by atoms with Gasteiger partial charge in [0.2, 0.25) is 0 Å². The van der Waals surface area contributed by atoms with Crippen LogP contribution in [0.2, 0.25) is 0 Å². The van der Waals surface area contributed by atoms with Crippen molar-refractivity contribution < 1.29 is 14.3 Å². The van der Waals surface area contributed by atoms with Crippen LogP contribution in [0.3, 0.4) is 0 Å². The number of aryl methyl sites for hydroxylation is 1. The summed E-state index contributed by atoms with van der Waals surface area (Å²) in [5.41, 5.74) is 1.64. The van der Waals surface area contributed by atoms with E-state index >= 15 is 0 Å². The first-order chi connectivity index (χ1) is 14.7. The largest absolute Gasteiger partial charge is 0.491 e. The Morgan fingerprint density at radius 3 is 2.65 bits per heavy atom. The van der Waals surface area contributed by atoms with Crippen molar-refractivity contribution in [3.8, 4) is 5.75 Å². The van der Waals surface area contributed by atoms with Gasteiger partial charge in [-0.1, -0.05) is 31.3 Å². The molecule has 0 saturated heterocycles. The number of likely N-dealkylation sites (N-methyl/N-ethyl adjacent to an activating group) is 1. The highest BCUT2D eigenvalue weighted by atomic mass is 32.1. The molecule has 0 aliphatic rings. The van der Waals surface area contributed by atoms with Crippen LogP contribution in [0.4, 0.5) is 20.4 Å². The van der Waals surface area contributed by atoms with Crippen molar-refractivity contribution >= 4 is 34.2 Å². The van der Waals surface area contributed by atoms with Crippen molar-refractivity contribution in [3.63, 3.8) is 0 Å². The summed E-state index contributed by atoms with van der Waals surface area (Å²) in [6.45, 7) is 8.33. The highest BCUT2D eigenvalue weighted by molar-refractivity contribution is 7.15. The van der Waals surface area contributed by atoms with Crippen LogP contribution in [0.15, 0.2) is 24.4 Å². The summed E-state index contributed by atoms with van der Waals surface area (Å²) in [5, 5.41) is 11.5. The molecule has 2 rings (SSSR count). The second-order valence-electron chi connectivity index (χ2n) is 7.83. The lowest BCUT2D eigenvalue weighted by atomic mass is 10.2. The SMILES string of the molecule is Cc1ccc(NC(=O)Nc2ncc(CNC(=O)NCCN(C)C)s2)c(OCC(C)C)c1. The van der Waals surface area contributed by atoms with Crippen LogP contribution >= 0.6 is 11.3 Å². The number of urea groups is 2. The van der Waals surface area contributed by atoms with Gasteiger partial charge in [-0.25, -0.2) is 14.6 Å². The average Bonchev–Trinajstić information content (AvgIpc) is 3.13. The molecule has 1 heterocycles. The third-order valence-electron chi connectivity index (χ3n) is 4.00. The van der Waals surface area contributed by atoms with Gasteiger partial charge < -0.3 is 25.6 Å². The summed E-state index contributed by atoms with van der Waals surface area (Å²) in [5.74, 6) is 1.01. The third kappa shape index (κ3) is 9.22. The van der Waals surface area contributed by atoms with Gasteiger partial charge >= 0.3 is 12.1 Å². The second kappa shape index (κ2) is 12.1. The van der Waals surface area contributed by atoms with E-state index in [4.69, 9.17) is 4.74 Å². The minimum Gasteiger partial charge on any atom is -0.491 e. The number of aromatic nitrogens is 1. The molecule has 0 radical (unpaired) electrons. The van der Waals surface area contributed by atoms with Gasteiger partial charge in [-0.3, -0.25) is 5.32 Å². The van der Waals surface area contributed by atoms with E-state index in [0.717, 1.165) is 17.0 Å². The molecule has 0 saturated carbocycles. The van der Waals surface area contributed by atoms with E-state index in [9.17, 15) is 9.59 Å². The van der Waals surface area contributed by atoms with Crippen LogP contribution in [0.25, 0.3) is 0 Å². The van der Waals surface area contributed by atoms with Crippen molar-refractivity contribution in [1.29, 1.82) is 0 Å². The first kappa shape index (κ1) is 24.4. The standard InChI is InChI=1S/C21H32N6O3S/c1-14(2)13-30-18-10-15(3)6-7-17(18)25-20(29)26-21-24-12-16(31-21)11-23-19(28)22-8-9-27(4)5/h6-7,10,12,14H,8-9,11,13H2,1-5H3,(H2,22,23,28)(H2,24,25,26,29). The Balaban J connectivity index is 1.84. The fourth-order valence-electron chi connectivity index (χ4n) is 2.43. The summed E-state index contributed by atoms with van der Waals surface area (Å²) in [7, 11) is 3.89. The molecule has 0 unspecified atom stereocenters. The summed E-state index contributed by atoms with van der Waals surface area (Å²) in [6, 6.07) is 4.98. The van der Waals surface area contributed by atoms with Crippen LogP contribution in [0.1, 0.15) is 24.3 Å². The molecule has 2 aromatic rings. The summed E-state index contributed by atoms with van der Waals surface area (Å²) in [4.78, 5) is 31.2. The zero-order valence-electron chi connectivity index (χ0n) is 18.7. The number of thiazole rings is 1. The third-order valence-corrected chi connectivity index (χ3v) is 4.91. The van der Waals surface area contributed by atoms with Crippen LogP contribution in [0.5, 0.6) is 5.75 Å². The number of hydrogen-bond acceptors (Lipinski definition) is 6. The zero-order valence-corrected chi connectivity index (χ0v) is 19.6. The fourth-order valence-corrected chi connectivity index (χ4v) is 3.18. The Morgan fingerprint density at radius 1 is 1.16 bits per heavy atom. The Hall–Kier alpha value is -2.85. The first-order valence-electron chi connectivity index (χ1n) is 10.2. The molecule has 4 amide bonds. The first-order valence-corrected chi connectivity index (χ1v) is 11.0. The monoisotopic (exact) mass is 448 g/mol. The number of rotatable bonds is 10. The van der Waals surface area contributed by atoms with Crippen LogP contribution in [-0.4, -0.2) is 55.7 Å². The van der Waals surface area contributed by atoms with Gasteiger partial charge in [-0.2, -0.15) is 0 Å². The molecule has 0 aliphatic heterocycles. The number of nitrogens with one attached hydrogen (secondary N) is 4. The minimum absolute atomic E-state index is 0.240. The number of hydrogen-bond donors (Lipinski definition) is 4. The number of ether oxygens (including phenoxy) is 1. The van der Waals surface area contributed by atoms with Crippen molar-refractivity contribution in [2.75, 3.05) is 44.4 Å². The van der Waals surface area contributed by atoms with Gasteiger partial charge in [0.15, 0.2) is 5.13 Å². The van der Waals surface area contributed by atoms with Crippen LogP contribution < -0.4 is 26.0 Å². The molecule has 1 aromatic heterocycles. The van der Waals surface area contributed by atoms with Gasteiger partial charge in [0.1, 0.15) is 5.75 Å². The maximum atomic E-state index is 12.4. The number of amides is 4. The number of benzene rings is 1. The maximum absolute atomic E-state index is 12.4. The molecule has 0 bridgehead atoms. The minimum atomic E-state index is -0.409. The molecule has 0 aliphatic carbocycles. The lowest BCUT2D eigenvalue weighted by Gasteiger charge is -2.14. The average molecular weight is 449 g/mol. The van der Waals surface area contributed by atoms with Gasteiger partial charge in [-0.05, 0) is 44.6 Å². The van der Waals surface area contributed by atoms with E-state index in [0.29, 0.717) is 42.2 Å². The van der Waals surface area contributed by atoms with Crippen molar-refractivity contribution in [3.05, 3.63) is 34.8 Å². The van der Waals surface area contributed by atoms with E-state index in [2.05, 4.69) is 40.1 Å². The predicted molar refractivity (Wildman–Crippen MR) is 125 cm³/mol. The Bertz CT molecular complexity index is 869. The lowest BCUT2D eigenvalue weighted by Crippen LogP contribution is -2.38. The number of anilines is 2.